The lowest BCUT2D eigenvalue weighted by atomic mass is 10.0. The Morgan fingerprint density at radius 1 is 1.15 bits per heavy atom. The van der Waals surface area contributed by atoms with Gasteiger partial charge in [0.25, 0.3) is 5.91 Å². The Morgan fingerprint density at radius 3 is 2.52 bits per heavy atom. The third-order valence-electron chi connectivity index (χ3n) is 6.21. The molecule has 0 spiro atoms. The van der Waals surface area contributed by atoms with Crippen molar-refractivity contribution in [2.24, 2.45) is 0 Å². The first kappa shape index (κ1) is 27.8. The van der Waals surface area contributed by atoms with Crippen molar-refractivity contribution in [2.75, 3.05) is 5.32 Å². The molecule has 206 valence electrons. The van der Waals surface area contributed by atoms with E-state index in [1.165, 1.54) is 23.0 Å². The van der Waals surface area contributed by atoms with E-state index >= 15 is 0 Å². The van der Waals surface area contributed by atoms with Gasteiger partial charge in [-0.25, -0.2) is 13.9 Å². The number of alkyl halides is 3. The van der Waals surface area contributed by atoms with Gasteiger partial charge in [-0.15, -0.1) is 0 Å². The van der Waals surface area contributed by atoms with E-state index in [9.17, 15) is 22.4 Å². The number of amides is 1. The molecular weight excluding hydrogens is 616 g/mol. The van der Waals surface area contributed by atoms with Crippen molar-refractivity contribution < 1.29 is 22.4 Å². The van der Waals surface area contributed by atoms with E-state index in [1.54, 1.807) is 18.2 Å². The van der Waals surface area contributed by atoms with Gasteiger partial charge in [0.1, 0.15) is 11.4 Å². The van der Waals surface area contributed by atoms with Gasteiger partial charge in [0, 0.05) is 22.3 Å². The first-order valence-corrected chi connectivity index (χ1v) is 13.1. The summed E-state index contributed by atoms with van der Waals surface area (Å²) in [5, 5.41) is 10.8. The molecular formula is C27H20BrClF4N6O. The SMILES string of the molecule is CC(C)c1ccc(-c2cc(C(F)(F)F)n3ncc(C(=O)Nc4nn(Cc5c(F)cccc5Cl)cc4Br)c3n2)cc1. The normalized spacial score (nSPS) is 11.9. The fourth-order valence-corrected chi connectivity index (χ4v) is 4.73. The summed E-state index contributed by atoms with van der Waals surface area (Å²) in [6, 6.07) is 12.2. The lowest BCUT2D eigenvalue weighted by Crippen LogP contribution is -2.16. The van der Waals surface area contributed by atoms with E-state index < -0.39 is 23.6 Å². The minimum atomic E-state index is -4.76. The van der Waals surface area contributed by atoms with Crippen LogP contribution in [0.1, 0.15) is 46.9 Å². The summed E-state index contributed by atoms with van der Waals surface area (Å²) in [4.78, 5) is 17.6. The molecule has 13 heteroatoms. The fourth-order valence-electron chi connectivity index (χ4n) is 4.09. The number of carbonyl (C=O) groups is 1. The quantitative estimate of drug-likeness (QED) is 0.195. The number of carbonyl (C=O) groups excluding carboxylic acids is 1. The van der Waals surface area contributed by atoms with Gasteiger partial charge in [-0.2, -0.15) is 23.4 Å². The van der Waals surface area contributed by atoms with Crippen LogP contribution in [-0.4, -0.2) is 30.3 Å². The molecule has 1 N–H and O–H groups in total. The Balaban J connectivity index is 1.49. The molecule has 0 bridgehead atoms. The van der Waals surface area contributed by atoms with Gasteiger partial charge in [0.2, 0.25) is 0 Å². The van der Waals surface area contributed by atoms with Gasteiger partial charge in [-0.1, -0.05) is 55.8 Å². The number of aromatic nitrogens is 5. The predicted octanol–water partition coefficient (Wildman–Crippen LogP) is 7.59. The lowest BCUT2D eigenvalue weighted by molar-refractivity contribution is -0.142. The van der Waals surface area contributed by atoms with Crippen LogP contribution in [0.25, 0.3) is 16.9 Å². The van der Waals surface area contributed by atoms with Gasteiger partial charge < -0.3 is 5.32 Å². The lowest BCUT2D eigenvalue weighted by Gasteiger charge is -2.12. The second kappa shape index (κ2) is 10.7. The average Bonchev–Trinajstić information content (AvgIpc) is 3.48. The number of halogens is 6. The summed E-state index contributed by atoms with van der Waals surface area (Å²) >= 11 is 9.39. The monoisotopic (exact) mass is 634 g/mol. The third kappa shape index (κ3) is 5.46. The zero-order valence-electron chi connectivity index (χ0n) is 21.0. The summed E-state index contributed by atoms with van der Waals surface area (Å²) in [5.74, 6) is -0.991. The first-order chi connectivity index (χ1) is 18.9. The van der Waals surface area contributed by atoms with E-state index in [4.69, 9.17) is 11.6 Å². The molecule has 5 aromatic rings. The van der Waals surface area contributed by atoms with Crippen LogP contribution in [0.15, 0.2) is 65.4 Å². The molecule has 0 unspecified atom stereocenters. The van der Waals surface area contributed by atoms with Crippen LogP contribution in [0.5, 0.6) is 0 Å². The molecule has 0 fully saturated rings. The molecule has 1 amide bonds. The van der Waals surface area contributed by atoms with Gasteiger partial charge >= 0.3 is 6.18 Å². The standard InChI is InChI=1S/C27H20BrClF4N6O/c1-14(2)15-6-8-16(9-7-15)22-10-23(27(31,32)33)39-25(35-22)17(11-34-39)26(40)36-24-19(28)13-38(37-24)12-18-20(29)4-3-5-21(18)30/h3-11,13-14H,12H2,1-2H3,(H,36,37,40). The van der Waals surface area contributed by atoms with Crippen molar-refractivity contribution in [3.63, 3.8) is 0 Å². The number of nitrogens with zero attached hydrogens (tertiary/aromatic N) is 5. The number of benzene rings is 2. The number of anilines is 1. The van der Waals surface area contributed by atoms with Crippen molar-refractivity contribution in [2.45, 2.75) is 32.5 Å². The second-order valence-electron chi connectivity index (χ2n) is 9.27. The molecule has 2 aromatic carbocycles. The first-order valence-electron chi connectivity index (χ1n) is 12.0. The van der Waals surface area contributed by atoms with Gasteiger partial charge in [0.15, 0.2) is 17.2 Å². The Labute approximate surface area is 238 Å². The molecule has 0 aliphatic rings. The zero-order chi connectivity index (χ0) is 28.8. The molecule has 0 aliphatic carbocycles. The van der Waals surface area contributed by atoms with E-state index in [-0.39, 0.29) is 45.8 Å². The van der Waals surface area contributed by atoms with Gasteiger partial charge in [-0.3, -0.25) is 9.48 Å². The number of nitrogens with one attached hydrogen (secondary N) is 1. The van der Waals surface area contributed by atoms with Crippen LogP contribution in [0.3, 0.4) is 0 Å². The zero-order valence-corrected chi connectivity index (χ0v) is 23.3. The molecule has 5 rings (SSSR count). The van der Waals surface area contributed by atoms with Crippen molar-refractivity contribution in [1.82, 2.24) is 24.4 Å². The van der Waals surface area contributed by atoms with Crippen LogP contribution in [0.2, 0.25) is 5.02 Å². The molecule has 0 aliphatic heterocycles. The third-order valence-corrected chi connectivity index (χ3v) is 7.15. The van der Waals surface area contributed by atoms with Crippen LogP contribution >= 0.6 is 27.5 Å². The summed E-state index contributed by atoms with van der Waals surface area (Å²) in [7, 11) is 0. The number of hydrogen-bond donors (Lipinski definition) is 1. The van der Waals surface area contributed by atoms with Gasteiger partial charge in [-0.05, 0) is 45.6 Å². The Hall–Kier alpha value is -3.77. The molecule has 3 heterocycles. The van der Waals surface area contributed by atoms with Crippen LogP contribution in [0, 0.1) is 5.82 Å². The minimum Gasteiger partial charge on any atom is -0.304 e. The number of hydrogen-bond acceptors (Lipinski definition) is 4. The smallest absolute Gasteiger partial charge is 0.304 e. The predicted molar refractivity (Wildman–Crippen MR) is 146 cm³/mol. The Morgan fingerprint density at radius 2 is 1.88 bits per heavy atom. The van der Waals surface area contributed by atoms with Crippen LogP contribution in [-0.2, 0) is 12.7 Å². The molecule has 0 atom stereocenters. The molecule has 7 nitrogen and oxygen atoms in total. The highest BCUT2D eigenvalue weighted by Gasteiger charge is 2.36. The summed E-state index contributed by atoms with van der Waals surface area (Å²) in [5.41, 5.74) is 0.181. The molecule has 0 radical (unpaired) electrons. The topological polar surface area (TPSA) is 77.1 Å². The summed E-state index contributed by atoms with van der Waals surface area (Å²) < 4.78 is 58.5. The molecule has 0 saturated heterocycles. The van der Waals surface area contributed by atoms with Crippen LogP contribution < -0.4 is 5.32 Å². The second-order valence-corrected chi connectivity index (χ2v) is 10.5. The maximum Gasteiger partial charge on any atom is 0.433 e. The van der Waals surface area contributed by atoms with Crippen molar-refractivity contribution >= 4 is 44.9 Å². The van der Waals surface area contributed by atoms with Crippen LogP contribution in [0.4, 0.5) is 23.4 Å². The van der Waals surface area contributed by atoms with E-state index in [2.05, 4.69) is 36.4 Å². The highest BCUT2D eigenvalue weighted by atomic mass is 79.9. The maximum atomic E-state index is 14.2. The maximum absolute atomic E-state index is 14.2. The van der Waals surface area contributed by atoms with Gasteiger partial charge in [0.05, 0.1) is 22.9 Å². The fraction of sp³-hybridized carbons (Fsp3) is 0.185. The summed E-state index contributed by atoms with van der Waals surface area (Å²) in [6.07, 6.45) is -2.24. The van der Waals surface area contributed by atoms with E-state index in [0.717, 1.165) is 17.8 Å². The highest BCUT2D eigenvalue weighted by molar-refractivity contribution is 9.10. The largest absolute Gasteiger partial charge is 0.433 e. The number of fused-ring (bicyclic) bond motifs is 1. The Kier molecular flexibility index (Phi) is 7.40. The molecule has 40 heavy (non-hydrogen) atoms. The summed E-state index contributed by atoms with van der Waals surface area (Å²) in [6.45, 7) is 4.00. The van der Waals surface area contributed by atoms with Crippen molar-refractivity contribution in [3.8, 4) is 11.3 Å². The highest BCUT2D eigenvalue weighted by Crippen LogP contribution is 2.33. The van der Waals surface area contributed by atoms with Crippen molar-refractivity contribution in [3.05, 3.63) is 98.6 Å². The van der Waals surface area contributed by atoms with Crippen molar-refractivity contribution in [1.29, 1.82) is 0 Å². The molecule has 3 aromatic heterocycles. The molecule has 0 saturated carbocycles. The minimum absolute atomic E-state index is 0.0217. The average molecular weight is 636 g/mol. The number of rotatable bonds is 6. The van der Waals surface area contributed by atoms with E-state index in [0.29, 0.717) is 14.6 Å². The Bertz CT molecular complexity index is 1710. The van der Waals surface area contributed by atoms with E-state index in [1.807, 2.05) is 26.0 Å².